The molecular formula is C25H38N4O3. The topological polar surface area (TPSA) is 91.5 Å². The van der Waals surface area contributed by atoms with Crippen molar-refractivity contribution in [3.8, 4) is 5.75 Å². The van der Waals surface area contributed by atoms with Gasteiger partial charge in [-0.15, -0.1) is 0 Å². The third-order valence-corrected chi connectivity index (χ3v) is 5.87. The van der Waals surface area contributed by atoms with Crippen LogP contribution in [0.1, 0.15) is 51.5 Å². The zero-order chi connectivity index (χ0) is 22.8. The minimum absolute atomic E-state index is 0.0873. The first-order chi connectivity index (χ1) is 15.5. The fourth-order valence-corrected chi connectivity index (χ4v) is 3.83. The van der Waals surface area contributed by atoms with Crippen LogP contribution in [0.2, 0.25) is 0 Å². The second kappa shape index (κ2) is 12.5. The van der Waals surface area contributed by atoms with Crippen LogP contribution in [0.25, 0.3) is 0 Å². The molecule has 7 heteroatoms. The number of carbonyl (C=O) groups excluding carboxylic acids is 2. The molecule has 2 amide bonds. The number of hydrogen-bond donors (Lipinski definition) is 4. The first-order valence-corrected chi connectivity index (χ1v) is 12.0. The van der Waals surface area contributed by atoms with E-state index in [1.807, 2.05) is 18.2 Å². The molecule has 176 valence electrons. The van der Waals surface area contributed by atoms with Crippen molar-refractivity contribution >= 4 is 11.8 Å². The summed E-state index contributed by atoms with van der Waals surface area (Å²) >= 11 is 0. The van der Waals surface area contributed by atoms with Gasteiger partial charge in [-0.1, -0.05) is 44.0 Å². The van der Waals surface area contributed by atoms with Crippen molar-refractivity contribution in [2.75, 3.05) is 26.2 Å². The van der Waals surface area contributed by atoms with E-state index in [0.29, 0.717) is 32.0 Å². The van der Waals surface area contributed by atoms with Crippen LogP contribution in [0.15, 0.2) is 36.0 Å². The van der Waals surface area contributed by atoms with Gasteiger partial charge in [-0.25, -0.2) is 0 Å². The monoisotopic (exact) mass is 442 g/mol. The van der Waals surface area contributed by atoms with E-state index in [1.165, 1.54) is 0 Å². The van der Waals surface area contributed by atoms with Crippen LogP contribution < -0.4 is 26.0 Å². The lowest BCUT2D eigenvalue weighted by atomic mass is 10.1. The van der Waals surface area contributed by atoms with Gasteiger partial charge in [0.25, 0.3) is 0 Å². The fourth-order valence-electron chi connectivity index (χ4n) is 3.83. The zero-order valence-corrected chi connectivity index (χ0v) is 19.4. The molecule has 1 aromatic carbocycles. The molecule has 4 N–H and O–H groups in total. The minimum Gasteiger partial charge on any atom is -0.492 e. The fraction of sp³-hybridized carbons (Fsp3) is 0.600. The predicted octanol–water partition coefficient (Wildman–Crippen LogP) is 2.27. The van der Waals surface area contributed by atoms with Gasteiger partial charge in [-0.2, -0.15) is 0 Å². The summed E-state index contributed by atoms with van der Waals surface area (Å²) in [6.07, 6.45) is 7.59. The Hall–Kier alpha value is -2.54. The molecular weight excluding hydrogens is 404 g/mol. The predicted molar refractivity (Wildman–Crippen MR) is 126 cm³/mol. The lowest BCUT2D eigenvalue weighted by Gasteiger charge is -2.21. The molecule has 1 aliphatic heterocycles. The van der Waals surface area contributed by atoms with Crippen LogP contribution in [-0.4, -0.2) is 50.1 Å². The zero-order valence-electron chi connectivity index (χ0n) is 19.4. The SMILES string of the molecule is CC/C=C1\CN[C@@H](C)COc2ccccc2CCCNC(=O)C(CC2CC2)NC(=O)CN1. The summed E-state index contributed by atoms with van der Waals surface area (Å²) in [6.45, 7) is 6.06. The number of carbonyl (C=O) groups is 2. The van der Waals surface area contributed by atoms with Gasteiger partial charge >= 0.3 is 0 Å². The van der Waals surface area contributed by atoms with Gasteiger partial charge in [0.05, 0.1) is 6.54 Å². The Morgan fingerprint density at radius 3 is 2.72 bits per heavy atom. The number of allylic oxidation sites excluding steroid dienone is 1. The van der Waals surface area contributed by atoms with Gasteiger partial charge in [-0.3, -0.25) is 9.59 Å². The molecule has 2 aliphatic rings. The molecule has 0 saturated heterocycles. The first kappa shape index (κ1) is 24.1. The molecule has 1 fully saturated rings. The molecule has 1 aliphatic carbocycles. The van der Waals surface area contributed by atoms with E-state index in [-0.39, 0.29) is 24.4 Å². The maximum absolute atomic E-state index is 12.8. The van der Waals surface area contributed by atoms with Gasteiger partial charge in [0, 0.05) is 24.8 Å². The molecule has 0 bridgehead atoms. The highest BCUT2D eigenvalue weighted by atomic mass is 16.5. The molecule has 1 heterocycles. The first-order valence-electron chi connectivity index (χ1n) is 12.0. The Balaban J connectivity index is 1.69. The number of para-hydroxylation sites is 1. The molecule has 3 rings (SSSR count). The highest BCUT2D eigenvalue weighted by Gasteiger charge is 2.30. The molecule has 32 heavy (non-hydrogen) atoms. The number of rotatable bonds is 3. The van der Waals surface area contributed by atoms with E-state index >= 15 is 0 Å². The van der Waals surface area contributed by atoms with E-state index in [2.05, 4.69) is 47.3 Å². The smallest absolute Gasteiger partial charge is 0.242 e. The Bertz CT molecular complexity index is 791. The van der Waals surface area contributed by atoms with Crippen molar-refractivity contribution in [3.63, 3.8) is 0 Å². The van der Waals surface area contributed by atoms with Gasteiger partial charge < -0.3 is 26.0 Å². The Morgan fingerprint density at radius 2 is 1.94 bits per heavy atom. The van der Waals surface area contributed by atoms with Crippen LogP contribution in [0.3, 0.4) is 0 Å². The largest absolute Gasteiger partial charge is 0.492 e. The minimum atomic E-state index is -0.469. The highest BCUT2D eigenvalue weighted by Crippen LogP contribution is 2.33. The third-order valence-electron chi connectivity index (χ3n) is 5.87. The van der Waals surface area contributed by atoms with Crippen molar-refractivity contribution in [1.82, 2.24) is 21.3 Å². The average Bonchev–Trinajstić information content (AvgIpc) is 3.60. The summed E-state index contributed by atoms with van der Waals surface area (Å²) < 4.78 is 6.09. The lowest BCUT2D eigenvalue weighted by molar-refractivity contribution is -0.128. The molecule has 2 atom stereocenters. The number of amides is 2. The van der Waals surface area contributed by atoms with Crippen molar-refractivity contribution in [2.24, 2.45) is 5.92 Å². The second-order valence-electron chi connectivity index (χ2n) is 8.89. The highest BCUT2D eigenvalue weighted by molar-refractivity contribution is 5.88. The van der Waals surface area contributed by atoms with Crippen molar-refractivity contribution in [3.05, 3.63) is 41.6 Å². The maximum atomic E-state index is 12.8. The normalized spacial score (nSPS) is 25.4. The van der Waals surface area contributed by atoms with E-state index in [1.54, 1.807) is 0 Å². The second-order valence-corrected chi connectivity index (χ2v) is 8.89. The Kier molecular flexibility index (Phi) is 9.41. The van der Waals surface area contributed by atoms with Gasteiger partial charge in [0.15, 0.2) is 0 Å². The molecule has 0 radical (unpaired) electrons. The van der Waals surface area contributed by atoms with E-state index in [0.717, 1.165) is 49.1 Å². The molecule has 1 saturated carbocycles. The van der Waals surface area contributed by atoms with E-state index in [4.69, 9.17) is 4.74 Å². The Labute approximate surface area is 191 Å². The summed E-state index contributed by atoms with van der Waals surface area (Å²) in [5.74, 6) is 1.20. The number of hydrogen-bond acceptors (Lipinski definition) is 5. The van der Waals surface area contributed by atoms with Crippen molar-refractivity contribution < 1.29 is 14.3 Å². The van der Waals surface area contributed by atoms with Crippen molar-refractivity contribution in [2.45, 2.75) is 64.5 Å². The molecule has 0 aromatic heterocycles. The molecule has 7 nitrogen and oxygen atoms in total. The van der Waals surface area contributed by atoms with Crippen LogP contribution in [-0.2, 0) is 16.0 Å². The van der Waals surface area contributed by atoms with Crippen LogP contribution in [0.5, 0.6) is 5.75 Å². The summed E-state index contributed by atoms with van der Waals surface area (Å²) in [4.78, 5) is 25.3. The van der Waals surface area contributed by atoms with Crippen molar-refractivity contribution in [1.29, 1.82) is 0 Å². The number of aryl methyl sites for hydroxylation is 1. The lowest BCUT2D eigenvalue weighted by Crippen LogP contribution is -2.49. The summed E-state index contributed by atoms with van der Waals surface area (Å²) in [5.41, 5.74) is 2.12. The number of benzene rings is 1. The summed E-state index contributed by atoms with van der Waals surface area (Å²) in [5, 5.41) is 12.7. The number of nitrogens with one attached hydrogen (secondary N) is 4. The molecule has 1 unspecified atom stereocenters. The number of ether oxygens (including phenoxy) is 1. The molecule has 0 spiro atoms. The standard InChI is InChI=1S/C25H38N4O3/c1-3-7-21-15-27-18(2)17-32-23-10-5-4-8-20(23)9-6-13-26-25(31)22(14-19-11-12-19)29-24(30)16-28-21/h4-5,7-8,10,18-19,22,27-28H,3,6,9,11-17H2,1-2H3,(H,26,31)(H,29,30)/b21-7+/t18-,22?/m0/s1. The molecule has 1 aromatic rings. The van der Waals surface area contributed by atoms with E-state index in [9.17, 15) is 9.59 Å². The maximum Gasteiger partial charge on any atom is 0.242 e. The van der Waals surface area contributed by atoms with Crippen LogP contribution in [0.4, 0.5) is 0 Å². The van der Waals surface area contributed by atoms with Crippen LogP contribution in [0, 0.1) is 5.92 Å². The van der Waals surface area contributed by atoms with Gasteiger partial charge in [-0.05, 0) is 50.2 Å². The Morgan fingerprint density at radius 1 is 1.12 bits per heavy atom. The quantitative estimate of drug-likeness (QED) is 0.577. The van der Waals surface area contributed by atoms with Crippen LogP contribution >= 0.6 is 0 Å². The van der Waals surface area contributed by atoms with Gasteiger partial charge in [0.1, 0.15) is 18.4 Å². The average molecular weight is 443 g/mol. The summed E-state index contributed by atoms with van der Waals surface area (Å²) in [6, 6.07) is 7.77. The van der Waals surface area contributed by atoms with Gasteiger partial charge in [0.2, 0.25) is 11.8 Å². The van der Waals surface area contributed by atoms with E-state index < -0.39 is 6.04 Å². The summed E-state index contributed by atoms with van der Waals surface area (Å²) in [7, 11) is 0. The number of fused-ring (bicyclic) bond motifs is 1. The third kappa shape index (κ3) is 8.19.